The predicted octanol–water partition coefficient (Wildman–Crippen LogP) is 3.76. The molecule has 27 heavy (non-hydrogen) atoms. The van der Waals surface area contributed by atoms with Crippen LogP contribution < -0.4 is 5.32 Å². The lowest BCUT2D eigenvalue weighted by atomic mass is 10.0. The van der Waals surface area contributed by atoms with Gasteiger partial charge in [0.2, 0.25) is 0 Å². The van der Waals surface area contributed by atoms with Gasteiger partial charge in [-0.3, -0.25) is 9.59 Å². The summed E-state index contributed by atoms with van der Waals surface area (Å²) in [6, 6.07) is 8.78. The molecule has 2 N–H and O–H groups in total. The highest BCUT2D eigenvalue weighted by molar-refractivity contribution is 6.06. The summed E-state index contributed by atoms with van der Waals surface area (Å²) < 4.78 is 1.83. The Labute approximate surface area is 157 Å². The Hall–Kier alpha value is -3.22. The monoisotopic (exact) mass is 366 g/mol. The van der Waals surface area contributed by atoms with Crippen molar-refractivity contribution in [1.82, 2.24) is 14.8 Å². The maximum Gasteiger partial charge on any atom is 0.310 e. The van der Waals surface area contributed by atoms with Crippen LogP contribution in [-0.4, -0.2) is 31.7 Å². The normalized spacial score (nSPS) is 12.3. The molecule has 2 aromatic heterocycles. The smallest absolute Gasteiger partial charge is 0.310 e. The third-order valence-corrected chi connectivity index (χ3v) is 4.53. The van der Waals surface area contributed by atoms with Gasteiger partial charge in [0.25, 0.3) is 5.91 Å². The second-order valence-electron chi connectivity index (χ2n) is 6.85. The lowest BCUT2D eigenvalue weighted by Gasteiger charge is -2.11. The first kappa shape index (κ1) is 18.6. The number of aryl methyl sites for hydroxylation is 1. The standard InChI is InChI=1S/C20H22N4O3/c1-11(2)24-18-15(10-21-24)9-17(13(4)22-18)19(25)23-16-7-5-14(6-8-16)12(3)20(26)27/h5-12H,1-4H3,(H,23,25)(H,26,27). The van der Waals surface area contributed by atoms with Gasteiger partial charge in [0.15, 0.2) is 5.65 Å². The van der Waals surface area contributed by atoms with Crippen molar-refractivity contribution in [2.75, 3.05) is 5.32 Å². The zero-order valence-electron chi connectivity index (χ0n) is 15.7. The van der Waals surface area contributed by atoms with Crippen LogP contribution in [0, 0.1) is 6.92 Å². The van der Waals surface area contributed by atoms with Crippen LogP contribution in [0.3, 0.4) is 0 Å². The number of pyridine rings is 1. The third-order valence-electron chi connectivity index (χ3n) is 4.53. The number of aliphatic carboxylic acids is 1. The van der Waals surface area contributed by atoms with Gasteiger partial charge in [-0.1, -0.05) is 12.1 Å². The van der Waals surface area contributed by atoms with Crippen molar-refractivity contribution in [3.8, 4) is 0 Å². The topological polar surface area (TPSA) is 97.1 Å². The van der Waals surface area contributed by atoms with Gasteiger partial charge >= 0.3 is 5.97 Å². The van der Waals surface area contributed by atoms with Crippen molar-refractivity contribution >= 4 is 28.6 Å². The summed E-state index contributed by atoms with van der Waals surface area (Å²) >= 11 is 0. The van der Waals surface area contributed by atoms with Gasteiger partial charge < -0.3 is 10.4 Å². The van der Waals surface area contributed by atoms with Crippen molar-refractivity contribution in [2.24, 2.45) is 0 Å². The van der Waals surface area contributed by atoms with Crippen LogP contribution in [0.15, 0.2) is 36.5 Å². The molecule has 2 heterocycles. The fourth-order valence-electron chi connectivity index (χ4n) is 2.87. The maximum absolute atomic E-state index is 12.7. The number of nitrogens with zero attached hydrogens (tertiary/aromatic N) is 3. The Morgan fingerprint density at radius 2 is 1.81 bits per heavy atom. The molecule has 0 bridgehead atoms. The molecule has 1 unspecified atom stereocenters. The summed E-state index contributed by atoms with van der Waals surface area (Å²) in [5.41, 5.74) is 3.14. The van der Waals surface area contributed by atoms with Crippen molar-refractivity contribution in [3.05, 3.63) is 53.3 Å². The highest BCUT2D eigenvalue weighted by Crippen LogP contribution is 2.22. The molecular formula is C20H22N4O3. The van der Waals surface area contributed by atoms with Gasteiger partial charge in [-0.2, -0.15) is 5.10 Å². The molecule has 1 amide bonds. The summed E-state index contributed by atoms with van der Waals surface area (Å²) in [7, 11) is 0. The minimum absolute atomic E-state index is 0.181. The molecule has 1 aromatic carbocycles. The molecule has 140 valence electrons. The number of benzene rings is 1. The minimum Gasteiger partial charge on any atom is -0.481 e. The van der Waals surface area contributed by atoms with Crippen LogP contribution in [0.2, 0.25) is 0 Å². The first-order valence-electron chi connectivity index (χ1n) is 8.77. The number of hydrogen-bond acceptors (Lipinski definition) is 4. The van der Waals surface area contributed by atoms with Crippen LogP contribution in [0.1, 0.15) is 54.3 Å². The number of amides is 1. The molecule has 3 rings (SSSR count). The van der Waals surface area contributed by atoms with Crippen molar-refractivity contribution < 1.29 is 14.7 Å². The van der Waals surface area contributed by atoms with Crippen molar-refractivity contribution in [2.45, 2.75) is 39.7 Å². The zero-order chi connectivity index (χ0) is 19.7. The molecule has 0 saturated heterocycles. The number of carbonyl (C=O) groups is 2. The van der Waals surface area contributed by atoms with E-state index in [0.717, 1.165) is 11.0 Å². The number of hydrogen-bond donors (Lipinski definition) is 2. The van der Waals surface area contributed by atoms with Crippen LogP contribution >= 0.6 is 0 Å². The van der Waals surface area contributed by atoms with E-state index in [0.29, 0.717) is 22.5 Å². The largest absolute Gasteiger partial charge is 0.481 e. The summed E-state index contributed by atoms with van der Waals surface area (Å²) in [5.74, 6) is -1.75. The highest BCUT2D eigenvalue weighted by atomic mass is 16.4. The minimum atomic E-state index is -0.885. The number of fused-ring (bicyclic) bond motifs is 1. The number of aromatic nitrogens is 3. The first-order valence-corrected chi connectivity index (χ1v) is 8.77. The van der Waals surface area contributed by atoms with E-state index < -0.39 is 11.9 Å². The molecule has 7 heteroatoms. The van der Waals surface area contributed by atoms with E-state index >= 15 is 0 Å². The number of rotatable bonds is 5. The molecule has 1 atom stereocenters. The zero-order valence-corrected chi connectivity index (χ0v) is 15.7. The second kappa shape index (κ2) is 7.19. The molecule has 0 aliphatic carbocycles. The summed E-state index contributed by atoms with van der Waals surface area (Å²) in [5, 5.41) is 17.0. The van der Waals surface area contributed by atoms with E-state index in [1.807, 2.05) is 18.5 Å². The van der Waals surface area contributed by atoms with Crippen molar-refractivity contribution in [3.63, 3.8) is 0 Å². The molecule has 0 aliphatic rings. The molecule has 0 aliphatic heterocycles. The number of anilines is 1. The van der Waals surface area contributed by atoms with E-state index in [1.54, 1.807) is 50.4 Å². The molecular weight excluding hydrogens is 344 g/mol. The number of nitrogens with one attached hydrogen (secondary N) is 1. The van der Waals surface area contributed by atoms with Gasteiger partial charge in [-0.25, -0.2) is 9.67 Å². The van der Waals surface area contributed by atoms with Gasteiger partial charge in [0.05, 0.1) is 23.4 Å². The molecule has 3 aromatic rings. The van der Waals surface area contributed by atoms with Gasteiger partial charge in [-0.15, -0.1) is 0 Å². The van der Waals surface area contributed by atoms with Crippen molar-refractivity contribution in [1.29, 1.82) is 0 Å². The van der Waals surface area contributed by atoms with E-state index in [2.05, 4.69) is 15.4 Å². The van der Waals surface area contributed by atoms with E-state index in [9.17, 15) is 9.59 Å². The van der Waals surface area contributed by atoms with E-state index in [4.69, 9.17) is 5.11 Å². The number of carboxylic acids is 1. The predicted molar refractivity (Wildman–Crippen MR) is 103 cm³/mol. The van der Waals surface area contributed by atoms with E-state index in [-0.39, 0.29) is 11.9 Å². The Morgan fingerprint density at radius 3 is 2.41 bits per heavy atom. The Balaban J connectivity index is 1.84. The van der Waals surface area contributed by atoms with Crippen LogP contribution in [0.4, 0.5) is 5.69 Å². The van der Waals surface area contributed by atoms with Gasteiger partial charge in [0.1, 0.15) is 0 Å². The molecule has 0 spiro atoms. The fraction of sp³-hybridized carbons (Fsp3) is 0.300. The first-order chi connectivity index (χ1) is 12.8. The average molecular weight is 366 g/mol. The lowest BCUT2D eigenvalue weighted by Crippen LogP contribution is -2.15. The Morgan fingerprint density at radius 1 is 1.15 bits per heavy atom. The molecule has 0 radical (unpaired) electrons. The van der Waals surface area contributed by atoms with Crippen LogP contribution in [-0.2, 0) is 4.79 Å². The molecule has 0 fully saturated rings. The van der Waals surface area contributed by atoms with Crippen LogP contribution in [0.5, 0.6) is 0 Å². The lowest BCUT2D eigenvalue weighted by molar-refractivity contribution is -0.138. The quantitative estimate of drug-likeness (QED) is 0.716. The second-order valence-corrected chi connectivity index (χ2v) is 6.85. The van der Waals surface area contributed by atoms with Gasteiger partial charge in [0, 0.05) is 17.1 Å². The Kier molecular flexibility index (Phi) is 4.94. The summed E-state index contributed by atoms with van der Waals surface area (Å²) in [6.45, 7) is 7.47. The van der Waals surface area contributed by atoms with E-state index in [1.165, 1.54) is 0 Å². The molecule has 0 saturated carbocycles. The van der Waals surface area contributed by atoms with Crippen LogP contribution in [0.25, 0.3) is 11.0 Å². The van der Waals surface area contributed by atoms with Gasteiger partial charge in [-0.05, 0) is 51.5 Å². The summed E-state index contributed by atoms with van der Waals surface area (Å²) in [4.78, 5) is 28.3. The fourth-order valence-corrected chi connectivity index (χ4v) is 2.87. The SMILES string of the molecule is Cc1nc2c(cnn2C(C)C)cc1C(=O)Nc1ccc(C(C)C(=O)O)cc1. The Bertz CT molecular complexity index is 1010. The highest BCUT2D eigenvalue weighted by Gasteiger charge is 2.16. The molecule has 7 nitrogen and oxygen atoms in total. The third kappa shape index (κ3) is 3.67. The summed E-state index contributed by atoms with van der Waals surface area (Å²) in [6.07, 6.45) is 1.71. The number of carbonyl (C=O) groups excluding carboxylic acids is 1. The number of carboxylic acid groups (broad SMARTS) is 1. The average Bonchev–Trinajstić information content (AvgIpc) is 3.03. The maximum atomic E-state index is 12.7.